The van der Waals surface area contributed by atoms with Crippen molar-refractivity contribution in [3.63, 3.8) is 0 Å². The normalized spacial score (nSPS) is 13.4. The molecule has 4 aromatic carbocycles. The topological polar surface area (TPSA) is 70.8 Å². The van der Waals surface area contributed by atoms with Crippen LogP contribution in [0.2, 0.25) is 0 Å². The van der Waals surface area contributed by atoms with Gasteiger partial charge in [-0.05, 0) is 87.3 Å². The third-order valence-corrected chi connectivity index (χ3v) is 10.3. The zero-order valence-electron chi connectivity index (χ0n) is 29.3. The zero-order chi connectivity index (χ0) is 34.6. The van der Waals surface area contributed by atoms with Gasteiger partial charge in [0.1, 0.15) is 29.5 Å². The van der Waals surface area contributed by atoms with Gasteiger partial charge in [-0.25, -0.2) is 4.79 Å². The van der Waals surface area contributed by atoms with E-state index in [0.29, 0.717) is 38.5 Å². The number of rotatable bonds is 11. The minimum Gasteiger partial charge on any atom is -0.493 e. The van der Waals surface area contributed by atoms with Gasteiger partial charge >= 0.3 is 5.97 Å². The molecule has 0 bridgehead atoms. The molecule has 3 heterocycles. The number of aromatic nitrogens is 3. The molecule has 7 rings (SSSR count). The van der Waals surface area contributed by atoms with Crippen molar-refractivity contribution in [1.29, 1.82) is 0 Å². The van der Waals surface area contributed by atoms with Crippen LogP contribution in [0, 0.1) is 0 Å². The lowest BCUT2D eigenvalue weighted by molar-refractivity contribution is 0.0512. The van der Waals surface area contributed by atoms with Gasteiger partial charge in [-0.3, -0.25) is 4.68 Å². The van der Waals surface area contributed by atoms with E-state index in [4.69, 9.17) is 19.3 Å². The van der Waals surface area contributed by atoms with Crippen LogP contribution in [-0.2, 0) is 37.9 Å². The Morgan fingerprint density at radius 2 is 1.68 bits per heavy atom. The monoisotopic (exact) mass is 688 g/mol. The molecule has 2 aromatic heterocycles. The Labute approximate surface area is 297 Å². The van der Waals surface area contributed by atoms with Crippen molar-refractivity contribution in [2.75, 3.05) is 33.1 Å². The molecule has 0 radical (unpaired) electrons. The third kappa shape index (κ3) is 6.72. The summed E-state index contributed by atoms with van der Waals surface area (Å²) in [6.07, 6.45) is 4.38. The van der Waals surface area contributed by atoms with Crippen molar-refractivity contribution in [2.45, 2.75) is 50.8 Å². The van der Waals surface area contributed by atoms with Gasteiger partial charge in [0.25, 0.3) is 0 Å². The lowest BCUT2D eigenvalue weighted by atomic mass is 9.97. The van der Waals surface area contributed by atoms with Crippen molar-refractivity contribution in [3.05, 3.63) is 108 Å². The first-order valence-corrected chi connectivity index (χ1v) is 18.6. The molecule has 0 atom stereocenters. The van der Waals surface area contributed by atoms with Gasteiger partial charge < -0.3 is 23.7 Å². The molecule has 8 nitrogen and oxygen atoms in total. The van der Waals surface area contributed by atoms with Crippen LogP contribution in [0.4, 0.5) is 0 Å². The molecule has 258 valence electrons. The fourth-order valence-corrected chi connectivity index (χ4v) is 7.62. The Morgan fingerprint density at radius 1 is 0.900 bits per heavy atom. The lowest BCUT2D eigenvalue weighted by Crippen LogP contribution is -2.24. The minimum absolute atomic E-state index is 0.284. The summed E-state index contributed by atoms with van der Waals surface area (Å²) in [7, 11) is 4.16. The first kappa shape index (κ1) is 33.8. The number of carbonyl (C=O) groups is 1. The van der Waals surface area contributed by atoms with Crippen LogP contribution in [0.3, 0.4) is 0 Å². The smallest absolute Gasteiger partial charge is 0.355 e. The minimum atomic E-state index is -0.284. The summed E-state index contributed by atoms with van der Waals surface area (Å²) < 4.78 is 22.6. The average Bonchev–Trinajstić information content (AvgIpc) is 3.62. The SMILES string of the molecule is CCOC(=O)c1c(CCCOc2cccc3ccccc23)c2cccc3c2n1CCCN(C)Cc1c-3c(COc2ccc(SC)cc2)nn1C. The number of ether oxygens (including phenoxy) is 3. The second kappa shape index (κ2) is 15.0. The molecule has 9 heteroatoms. The molecule has 6 aromatic rings. The predicted octanol–water partition coefficient (Wildman–Crippen LogP) is 8.52. The molecular weight excluding hydrogens is 645 g/mol. The van der Waals surface area contributed by atoms with Gasteiger partial charge in [0.05, 0.1) is 24.4 Å². The first-order chi connectivity index (χ1) is 24.5. The number of fused-ring (bicyclic) bond motifs is 3. The molecule has 0 amide bonds. The summed E-state index contributed by atoms with van der Waals surface area (Å²) in [5, 5.41) is 8.35. The Bertz CT molecular complexity index is 2130. The molecule has 0 N–H and O–H groups in total. The van der Waals surface area contributed by atoms with Gasteiger partial charge in [0, 0.05) is 46.9 Å². The molecule has 0 aliphatic carbocycles. The Morgan fingerprint density at radius 3 is 2.50 bits per heavy atom. The number of carbonyl (C=O) groups excluding carboxylic acids is 1. The van der Waals surface area contributed by atoms with Crippen molar-refractivity contribution >= 4 is 39.4 Å². The van der Waals surface area contributed by atoms with Crippen LogP contribution in [0.15, 0.2) is 89.8 Å². The van der Waals surface area contributed by atoms with E-state index in [0.717, 1.165) is 87.2 Å². The Kier molecular flexibility index (Phi) is 10.1. The molecule has 0 spiro atoms. The highest BCUT2D eigenvalue weighted by Crippen LogP contribution is 2.40. The number of thioether (sulfide) groups is 1. The fraction of sp³-hybridized carbons (Fsp3) is 0.317. The van der Waals surface area contributed by atoms with Gasteiger partial charge in [-0.2, -0.15) is 5.10 Å². The number of nitrogens with zero attached hydrogens (tertiary/aromatic N) is 4. The van der Waals surface area contributed by atoms with E-state index in [1.54, 1.807) is 11.8 Å². The van der Waals surface area contributed by atoms with E-state index in [1.807, 2.05) is 55.1 Å². The molecule has 1 aliphatic heterocycles. The number of hydrogen-bond donors (Lipinski definition) is 0. The summed E-state index contributed by atoms with van der Waals surface area (Å²) in [6, 6.07) is 29.0. The molecule has 0 saturated heterocycles. The Balaban J connectivity index is 1.29. The van der Waals surface area contributed by atoms with Crippen molar-refractivity contribution < 1.29 is 19.0 Å². The first-order valence-electron chi connectivity index (χ1n) is 17.4. The summed E-state index contributed by atoms with van der Waals surface area (Å²) in [4.78, 5) is 17.4. The summed E-state index contributed by atoms with van der Waals surface area (Å²) in [5.41, 5.74) is 6.80. The van der Waals surface area contributed by atoms with E-state index >= 15 is 0 Å². The average molecular weight is 689 g/mol. The highest BCUT2D eigenvalue weighted by molar-refractivity contribution is 7.98. The van der Waals surface area contributed by atoms with Crippen LogP contribution < -0.4 is 9.47 Å². The third-order valence-electron chi connectivity index (χ3n) is 9.52. The van der Waals surface area contributed by atoms with Gasteiger partial charge in [0.15, 0.2) is 0 Å². The van der Waals surface area contributed by atoms with Crippen LogP contribution in [0.25, 0.3) is 32.8 Å². The second-order valence-electron chi connectivity index (χ2n) is 12.8. The quantitative estimate of drug-likeness (QED) is 0.0768. The van der Waals surface area contributed by atoms with Crippen LogP contribution in [0.5, 0.6) is 11.5 Å². The molecule has 50 heavy (non-hydrogen) atoms. The summed E-state index contributed by atoms with van der Waals surface area (Å²) in [6.45, 7) is 5.35. The lowest BCUT2D eigenvalue weighted by Gasteiger charge is -2.22. The van der Waals surface area contributed by atoms with Crippen molar-refractivity contribution in [2.24, 2.45) is 7.05 Å². The number of esters is 1. The van der Waals surface area contributed by atoms with Crippen LogP contribution >= 0.6 is 11.8 Å². The number of benzene rings is 4. The fourth-order valence-electron chi connectivity index (χ4n) is 7.21. The number of hydrogen-bond acceptors (Lipinski definition) is 7. The van der Waals surface area contributed by atoms with Gasteiger partial charge in [-0.1, -0.05) is 54.6 Å². The van der Waals surface area contributed by atoms with Crippen LogP contribution in [-0.4, -0.2) is 58.3 Å². The maximum Gasteiger partial charge on any atom is 0.355 e. The van der Waals surface area contributed by atoms with E-state index in [-0.39, 0.29) is 5.97 Å². The van der Waals surface area contributed by atoms with Crippen molar-refractivity contribution in [3.8, 4) is 22.6 Å². The summed E-state index contributed by atoms with van der Waals surface area (Å²) in [5.74, 6) is 1.40. The number of aryl methyl sites for hydroxylation is 3. The Hall–Kier alpha value is -4.73. The molecule has 0 saturated carbocycles. The largest absolute Gasteiger partial charge is 0.493 e. The number of para-hydroxylation sites is 1. The van der Waals surface area contributed by atoms with E-state index < -0.39 is 0 Å². The molecule has 1 aliphatic rings. The molecule has 0 fully saturated rings. The van der Waals surface area contributed by atoms with Crippen molar-refractivity contribution in [1.82, 2.24) is 19.2 Å². The van der Waals surface area contributed by atoms with Gasteiger partial charge in [0.2, 0.25) is 0 Å². The highest BCUT2D eigenvalue weighted by Gasteiger charge is 2.29. The van der Waals surface area contributed by atoms with E-state index in [1.165, 1.54) is 4.90 Å². The predicted molar refractivity (Wildman–Crippen MR) is 201 cm³/mol. The maximum absolute atomic E-state index is 13.9. The summed E-state index contributed by atoms with van der Waals surface area (Å²) >= 11 is 1.71. The zero-order valence-corrected chi connectivity index (χ0v) is 30.1. The molecule has 0 unspecified atom stereocenters. The van der Waals surface area contributed by atoms with E-state index in [2.05, 4.69) is 71.3 Å². The van der Waals surface area contributed by atoms with Crippen LogP contribution in [0.1, 0.15) is 47.2 Å². The maximum atomic E-state index is 13.9. The molecular formula is C41H44N4O4S. The second-order valence-corrected chi connectivity index (χ2v) is 13.7. The van der Waals surface area contributed by atoms with Gasteiger partial charge in [-0.15, -0.1) is 11.8 Å². The van der Waals surface area contributed by atoms with E-state index in [9.17, 15) is 4.79 Å². The standard InChI is InChI=1S/C41H44N4O4S/c1-5-47-41(46)40-33(17-10-25-48-37-18-8-13-28-12-6-7-14-31(28)37)32-15-9-16-34-38-35(27-49-29-19-21-30(50-4)22-20-29)42-44(3)36(38)26-43(2)23-11-24-45(40)39(32)34/h6-9,12-16,18-22H,5,10-11,17,23-27H2,1-4H3. The highest BCUT2D eigenvalue weighted by atomic mass is 32.2.